The number of aliphatic hydroxyl groups excluding tert-OH is 1. The van der Waals surface area contributed by atoms with E-state index in [0.717, 1.165) is 38.9 Å². The van der Waals surface area contributed by atoms with Crippen LogP contribution in [0.15, 0.2) is 0 Å². The molecule has 0 heterocycles. The number of carbonyl (C=O) groups is 1. The minimum atomic E-state index is -0.00837. The Morgan fingerprint density at radius 2 is 1.00 bits per heavy atom. The maximum absolute atomic E-state index is 11.7. The van der Waals surface area contributed by atoms with Crippen LogP contribution in [0.4, 0.5) is 0 Å². The summed E-state index contributed by atoms with van der Waals surface area (Å²) in [5.74, 6) is -0.00837. The smallest absolute Gasteiger partial charge is 0.305 e. The highest BCUT2D eigenvalue weighted by Gasteiger charge is 2.05. The van der Waals surface area contributed by atoms with Crippen molar-refractivity contribution in [1.29, 1.82) is 0 Å². The summed E-state index contributed by atoms with van der Waals surface area (Å²) < 4.78 is 5.32. The van der Waals surface area contributed by atoms with Crippen molar-refractivity contribution in [3.63, 3.8) is 0 Å². The molecule has 4 heteroatoms. The number of ether oxygens (including phenoxy) is 1. The summed E-state index contributed by atoms with van der Waals surface area (Å²) in [5, 5.41) is 9.34. The van der Waals surface area contributed by atoms with Crippen LogP contribution < -0.4 is 0 Å². The Bertz CT molecular complexity index is 389. The van der Waals surface area contributed by atoms with E-state index < -0.39 is 0 Å². The average molecular weight is 470 g/mol. The monoisotopic (exact) mass is 469 g/mol. The second-order valence-corrected chi connectivity index (χ2v) is 9.90. The molecule has 0 unspecified atom stereocenters. The molecule has 0 aromatic rings. The van der Waals surface area contributed by atoms with E-state index in [1.165, 1.54) is 109 Å². The number of unbranched alkanes of at least 4 members (excludes halogenated alkanes) is 17. The predicted molar refractivity (Wildman–Crippen MR) is 143 cm³/mol. The average Bonchev–Trinajstić information content (AvgIpc) is 2.81. The van der Waals surface area contributed by atoms with E-state index in [0.29, 0.717) is 13.0 Å². The summed E-state index contributed by atoms with van der Waals surface area (Å²) in [6.07, 6.45) is 25.9. The molecule has 0 fully saturated rings. The minimum Gasteiger partial charge on any atom is -0.466 e. The van der Waals surface area contributed by atoms with E-state index in [2.05, 4.69) is 18.7 Å². The molecular formula is C29H59NO3. The standard InChI is InChI=1S/C29H59NO3/c1-3-5-7-9-10-13-16-20-24-30(26-27-31)25-21-17-14-11-12-15-19-23-29(32)33-28-22-18-8-6-4-2/h31H,3-28H2,1-2H3. The van der Waals surface area contributed by atoms with E-state index >= 15 is 0 Å². The highest BCUT2D eigenvalue weighted by molar-refractivity contribution is 5.69. The van der Waals surface area contributed by atoms with Gasteiger partial charge in [-0.3, -0.25) is 4.79 Å². The molecule has 0 saturated heterocycles. The molecule has 0 aliphatic heterocycles. The van der Waals surface area contributed by atoms with Crippen LogP contribution >= 0.6 is 0 Å². The summed E-state index contributed by atoms with van der Waals surface area (Å²) in [6.45, 7) is 8.46. The van der Waals surface area contributed by atoms with Crippen molar-refractivity contribution in [2.75, 3.05) is 32.8 Å². The lowest BCUT2D eigenvalue weighted by Gasteiger charge is -2.21. The van der Waals surface area contributed by atoms with Gasteiger partial charge in [-0.25, -0.2) is 0 Å². The fraction of sp³-hybridized carbons (Fsp3) is 0.966. The lowest BCUT2D eigenvalue weighted by Crippen LogP contribution is -2.29. The highest BCUT2D eigenvalue weighted by Crippen LogP contribution is 2.12. The van der Waals surface area contributed by atoms with Gasteiger partial charge in [-0.1, -0.05) is 117 Å². The van der Waals surface area contributed by atoms with Crippen LogP contribution in [0.1, 0.15) is 149 Å². The van der Waals surface area contributed by atoms with Gasteiger partial charge in [-0.15, -0.1) is 0 Å². The fourth-order valence-corrected chi connectivity index (χ4v) is 4.40. The number of hydrogen-bond acceptors (Lipinski definition) is 4. The second kappa shape index (κ2) is 27.6. The molecule has 4 nitrogen and oxygen atoms in total. The summed E-state index contributed by atoms with van der Waals surface area (Å²) >= 11 is 0. The Kier molecular flexibility index (Phi) is 27.1. The number of rotatable bonds is 27. The van der Waals surface area contributed by atoms with Crippen LogP contribution in [0.2, 0.25) is 0 Å². The minimum absolute atomic E-state index is 0.00837. The van der Waals surface area contributed by atoms with Crippen molar-refractivity contribution in [2.45, 2.75) is 149 Å². The van der Waals surface area contributed by atoms with Crippen molar-refractivity contribution in [2.24, 2.45) is 0 Å². The molecule has 0 aliphatic rings. The molecule has 198 valence electrons. The van der Waals surface area contributed by atoms with Crippen molar-refractivity contribution in [1.82, 2.24) is 4.90 Å². The third kappa shape index (κ3) is 25.8. The molecular weight excluding hydrogens is 410 g/mol. The van der Waals surface area contributed by atoms with Gasteiger partial charge >= 0.3 is 5.97 Å². The van der Waals surface area contributed by atoms with E-state index in [1.54, 1.807) is 0 Å². The van der Waals surface area contributed by atoms with Crippen molar-refractivity contribution >= 4 is 5.97 Å². The van der Waals surface area contributed by atoms with Gasteiger partial charge in [-0.2, -0.15) is 0 Å². The van der Waals surface area contributed by atoms with Gasteiger partial charge in [0.2, 0.25) is 0 Å². The third-order valence-corrected chi connectivity index (χ3v) is 6.61. The molecule has 0 spiro atoms. The normalized spacial score (nSPS) is 11.4. The summed E-state index contributed by atoms with van der Waals surface area (Å²) in [6, 6.07) is 0. The van der Waals surface area contributed by atoms with Crippen molar-refractivity contribution < 1.29 is 14.6 Å². The molecule has 0 radical (unpaired) electrons. The van der Waals surface area contributed by atoms with E-state index in [1.807, 2.05) is 0 Å². The lowest BCUT2D eigenvalue weighted by atomic mass is 10.1. The molecule has 0 aromatic carbocycles. The van der Waals surface area contributed by atoms with Gasteiger partial charge in [0.15, 0.2) is 0 Å². The van der Waals surface area contributed by atoms with Crippen LogP contribution in [0.5, 0.6) is 0 Å². The molecule has 0 amide bonds. The molecule has 33 heavy (non-hydrogen) atoms. The maximum Gasteiger partial charge on any atom is 0.305 e. The molecule has 0 atom stereocenters. The molecule has 0 aliphatic carbocycles. The number of esters is 1. The Morgan fingerprint density at radius 3 is 1.48 bits per heavy atom. The molecule has 0 saturated carbocycles. The molecule has 0 aromatic heterocycles. The first kappa shape index (κ1) is 32.4. The van der Waals surface area contributed by atoms with Gasteiger partial charge in [0.1, 0.15) is 0 Å². The van der Waals surface area contributed by atoms with Gasteiger partial charge in [0.05, 0.1) is 13.2 Å². The first-order valence-electron chi connectivity index (χ1n) is 14.7. The zero-order valence-electron chi connectivity index (χ0n) is 22.6. The second-order valence-electron chi connectivity index (χ2n) is 9.90. The summed E-state index contributed by atoms with van der Waals surface area (Å²) in [4.78, 5) is 14.2. The van der Waals surface area contributed by atoms with Crippen LogP contribution in [0.25, 0.3) is 0 Å². The molecule has 0 bridgehead atoms. The largest absolute Gasteiger partial charge is 0.466 e. The maximum atomic E-state index is 11.7. The number of aliphatic hydroxyl groups is 1. The zero-order valence-corrected chi connectivity index (χ0v) is 22.6. The Hall–Kier alpha value is -0.610. The Morgan fingerprint density at radius 1 is 0.576 bits per heavy atom. The Labute approximate surface area is 207 Å². The van der Waals surface area contributed by atoms with Crippen LogP contribution in [-0.2, 0) is 9.53 Å². The zero-order chi connectivity index (χ0) is 24.2. The fourth-order valence-electron chi connectivity index (χ4n) is 4.40. The summed E-state index contributed by atoms with van der Waals surface area (Å²) in [7, 11) is 0. The molecule has 1 N–H and O–H groups in total. The lowest BCUT2D eigenvalue weighted by molar-refractivity contribution is -0.143. The number of nitrogens with zero attached hydrogens (tertiary/aromatic N) is 1. The highest BCUT2D eigenvalue weighted by atomic mass is 16.5. The van der Waals surface area contributed by atoms with E-state index in [9.17, 15) is 9.90 Å². The van der Waals surface area contributed by atoms with Crippen molar-refractivity contribution in [3.05, 3.63) is 0 Å². The Balaban J connectivity index is 3.45. The van der Waals surface area contributed by atoms with Crippen LogP contribution in [0, 0.1) is 0 Å². The number of hydrogen-bond donors (Lipinski definition) is 1. The predicted octanol–water partition coefficient (Wildman–Crippen LogP) is 8.06. The SMILES string of the molecule is CCCCCCCCCCN(CCO)CCCCCCCCCC(=O)OCCCCCCC. The number of carbonyl (C=O) groups excluding carboxylic acids is 1. The van der Waals surface area contributed by atoms with Crippen LogP contribution in [0.3, 0.4) is 0 Å². The van der Waals surface area contributed by atoms with Gasteiger partial charge in [0.25, 0.3) is 0 Å². The quantitative estimate of drug-likeness (QED) is 0.0976. The van der Waals surface area contributed by atoms with E-state index in [4.69, 9.17) is 4.74 Å². The van der Waals surface area contributed by atoms with Crippen molar-refractivity contribution in [3.8, 4) is 0 Å². The first-order chi connectivity index (χ1) is 16.2. The topological polar surface area (TPSA) is 49.8 Å². The van der Waals surface area contributed by atoms with Gasteiger partial charge in [-0.05, 0) is 38.8 Å². The van der Waals surface area contributed by atoms with Crippen LogP contribution in [-0.4, -0.2) is 48.8 Å². The summed E-state index contributed by atoms with van der Waals surface area (Å²) in [5.41, 5.74) is 0. The molecule has 0 rings (SSSR count). The first-order valence-corrected chi connectivity index (χ1v) is 14.7. The van der Waals surface area contributed by atoms with Gasteiger partial charge < -0.3 is 14.7 Å². The van der Waals surface area contributed by atoms with Gasteiger partial charge in [0, 0.05) is 13.0 Å². The third-order valence-electron chi connectivity index (χ3n) is 6.61. The van der Waals surface area contributed by atoms with E-state index in [-0.39, 0.29) is 12.6 Å².